The minimum absolute atomic E-state index is 0.0850. The number of halogens is 5. The first-order chi connectivity index (χ1) is 17.1. The Hall–Kier alpha value is -2.84. The molecule has 37 heavy (non-hydrogen) atoms. The number of piperidine rings is 1. The van der Waals surface area contributed by atoms with E-state index in [4.69, 9.17) is 25.9 Å². The molecule has 0 aliphatic carbocycles. The van der Waals surface area contributed by atoms with Crippen LogP contribution in [0.3, 0.4) is 0 Å². The highest BCUT2D eigenvalue weighted by Gasteiger charge is 2.39. The first-order valence-corrected chi connectivity index (χ1v) is 11.5. The van der Waals surface area contributed by atoms with Crippen LogP contribution in [0, 0.1) is 5.82 Å². The van der Waals surface area contributed by atoms with E-state index in [1.54, 1.807) is 20.8 Å². The lowest BCUT2D eigenvalue weighted by molar-refractivity contribution is -0.327. The normalized spacial score (nSPS) is 18.2. The zero-order valence-corrected chi connectivity index (χ0v) is 21.1. The molecule has 0 aromatic heterocycles. The van der Waals surface area contributed by atoms with E-state index in [9.17, 15) is 31.9 Å². The highest BCUT2D eigenvalue weighted by Crippen LogP contribution is 2.22. The van der Waals surface area contributed by atoms with E-state index in [1.165, 1.54) is 12.1 Å². The number of amides is 3. The maximum absolute atomic E-state index is 13.5. The number of nitrogens with zero attached hydrogens (tertiary/aromatic N) is 1. The largest absolute Gasteiger partial charge is 0.522 e. The number of likely N-dealkylation sites (tertiary alicyclic amines) is 1. The molecule has 10 nitrogen and oxygen atoms in total. The average Bonchev–Trinajstić information content (AvgIpc) is 2.77. The van der Waals surface area contributed by atoms with E-state index < -0.39 is 67.6 Å². The summed E-state index contributed by atoms with van der Waals surface area (Å²) in [5.74, 6) is -1.95. The molecule has 208 valence electrons. The Morgan fingerprint density at radius 3 is 2.46 bits per heavy atom. The molecule has 0 radical (unpaired) electrons. The molecular weight excluding hydrogens is 530 g/mol. The minimum Gasteiger partial charge on any atom is -0.484 e. The van der Waals surface area contributed by atoms with Crippen LogP contribution in [-0.4, -0.2) is 73.2 Å². The van der Waals surface area contributed by atoms with Gasteiger partial charge in [0.15, 0.2) is 6.61 Å². The fourth-order valence-electron chi connectivity index (χ4n) is 3.26. The Kier molecular flexibility index (Phi) is 10.8. The topological polar surface area (TPSA) is 115 Å². The standard InChI is InChI=1S/C22H28ClF4N3O7/c1-21(2,3)37-20(33)30-11-13(28-18(31)12-34-14-5-6-15(23)16(24)10-14)4-7-17(30)19(32)29-36-9-8-35-22(25,26)27/h5-6,10,13,17H,4,7-9,11-12H2,1-3H3,(H,28,31)(H,29,32)/t13-,17+/m0/s1. The molecule has 0 bridgehead atoms. The fraction of sp³-hybridized carbons (Fsp3) is 0.591. The van der Waals surface area contributed by atoms with Crippen LogP contribution >= 0.6 is 11.6 Å². The van der Waals surface area contributed by atoms with Crippen LogP contribution in [0.4, 0.5) is 22.4 Å². The molecule has 1 fully saturated rings. The van der Waals surface area contributed by atoms with E-state index >= 15 is 0 Å². The molecule has 0 spiro atoms. The molecular formula is C22H28ClF4N3O7. The van der Waals surface area contributed by atoms with Gasteiger partial charge in [0, 0.05) is 18.7 Å². The predicted octanol–water partition coefficient (Wildman–Crippen LogP) is 3.33. The molecule has 3 amide bonds. The minimum atomic E-state index is -4.83. The van der Waals surface area contributed by atoms with Crippen molar-refractivity contribution in [2.24, 2.45) is 0 Å². The maximum atomic E-state index is 13.5. The van der Waals surface area contributed by atoms with Crippen LogP contribution in [0.2, 0.25) is 5.02 Å². The van der Waals surface area contributed by atoms with E-state index in [-0.39, 0.29) is 30.2 Å². The second-order valence-corrected chi connectivity index (χ2v) is 9.37. The molecule has 1 aromatic rings. The number of rotatable bonds is 9. The molecule has 1 saturated heterocycles. The third kappa shape index (κ3) is 11.0. The summed E-state index contributed by atoms with van der Waals surface area (Å²) in [7, 11) is 0. The Morgan fingerprint density at radius 1 is 1.14 bits per heavy atom. The summed E-state index contributed by atoms with van der Waals surface area (Å²) < 4.78 is 63.7. The number of hydrogen-bond donors (Lipinski definition) is 2. The van der Waals surface area contributed by atoms with Crippen molar-refractivity contribution < 1.29 is 51.0 Å². The van der Waals surface area contributed by atoms with Crippen molar-refractivity contribution in [2.75, 3.05) is 26.4 Å². The van der Waals surface area contributed by atoms with Gasteiger partial charge < -0.3 is 14.8 Å². The molecule has 1 heterocycles. The monoisotopic (exact) mass is 557 g/mol. The summed E-state index contributed by atoms with van der Waals surface area (Å²) in [4.78, 5) is 43.5. The Morgan fingerprint density at radius 2 is 1.84 bits per heavy atom. The lowest BCUT2D eigenvalue weighted by atomic mass is 9.98. The van der Waals surface area contributed by atoms with Gasteiger partial charge in [0.25, 0.3) is 11.8 Å². The highest BCUT2D eigenvalue weighted by atomic mass is 35.5. The maximum Gasteiger partial charge on any atom is 0.522 e. The summed E-state index contributed by atoms with van der Waals surface area (Å²) in [5, 5.41) is 2.58. The van der Waals surface area contributed by atoms with Gasteiger partial charge in [-0.3, -0.25) is 24.1 Å². The number of benzene rings is 1. The molecule has 15 heteroatoms. The lowest BCUT2D eigenvalue weighted by Crippen LogP contribution is -2.59. The van der Waals surface area contributed by atoms with E-state index in [0.717, 1.165) is 11.0 Å². The van der Waals surface area contributed by atoms with E-state index in [2.05, 4.69) is 10.1 Å². The molecule has 2 rings (SSSR count). The smallest absolute Gasteiger partial charge is 0.484 e. The van der Waals surface area contributed by atoms with Gasteiger partial charge >= 0.3 is 12.5 Å². The van der Waals surface area contributed by atoms with Gasteiger partial charge in [0.2, 0.25) is 0 Å². The van der Waals surface area contributed by atoms with Crippen LogP contribution in [0.5, 0.6) is 5.75 Å². The number of carbonyl (C=O) groups excluding carboxylic acids is 3. The van der Waals surface area contributed by atoms with Crippen molar-refractivity contribution in [3.63, 3.8) is 0 Å². The van der Waals surface area contributed by atoms with Crippen LogP contribution in [0.1, 0.15) is 33.6 Å². The van der Waals surface area contributed by atoms with Crippen LogP contribution < -0.4 is 15.5 Å². The Bertz CT molecular complexity index is 959. The zero-order chi connectivity index (χ0) is 27.8. The second kappa shape index (κ2) is 13.1. The molecule has 2 atom stereocenters. The van der Waals surface area contributed by atoms with E-state index in [1.807, 2.05) is 5.48 Å². The summed E-state index contributed by atoms with van der Waals surface area (Å²) >= 11 is 5.61. The quantitative estimate of drug-likeness (QED) is 0.272. The number of carbonyl (C=O) groups is 3. The average molecular weight is 558 g/mol. The first kappa shape index (κ1) is 30.4. The summed E-state index contributed by atoms with van der Waals surface area (Å²) in [5.41, 5.74) is 1.12. The van der Waals surface area contributed by atoms with Crippen molar-refractivity contribution in [3.05, 3.63) is 29.0 Å². The molecule has 0 saturated carbocycles. The lowest BCUT2D eigenvalue weighted by Gasteiger charge is -2.39. The van der Waals surface area contributed by atoms with Crippen molar-refractivity contribution in [1.29, 1.82) is 0 Å². The molecule has 1 aromatic carbocycles. The highest BCUT2D eigenvalue weighted by molar-refractivity contribution is 6.30. The number of nitrogens with one attached hydrogen (secondary N) is 2. The second-order valence-electron chi connectivity index (χ2n) is 8.96. The van der Waals surface area contributed by atoms with Gasteiger partial charge in [0.1, 0.15) is 23.2 Å². The van der Waals surface area contributed by atoms with Crippen molar-refractivity contribution in [1.82, 2.24) is 15.7 Å². The number of ether oxygens (including phenoxy) is 3. The zero-order valence-electron chi connectivity index (χ0n) is 20.3. The third-order valence-electron chi connectivity index (χ3n) is 4.76. The molecule has 0 unspecified atom stereocenters. The van der Waals surface area contributed by atoms with Gasteiger partial charge in [-0.2, -0.15) is 0 Å². The van der Waals surface area contributed by atoms with Gasteiger partial charge in [-0.05, 0) is 45.7 Å². The first-order valence-electron chi connectivity index (χ1n) is 11.1. The van der Waals surface area contributed by atoms with Gasteiger partial charge in [-0.15, -0.1) is 13.2 Å². The summed E-state index contributed by atoms with van der Waals surface area (Å²) in [6.45, 7) is 2.91. The van der Waals surface area contributed by atoms with Gasteiger partial charge in [-0.1, -0.05) is 11.6 Å². The number of alkyl halides is 3. The Labute approximate surface area is 215 Å². The van der Waals surface area contributed by atoms with Crippen molar-refractivity contribution >= 4 is 29.5 Å². The molecule has 2 N–H and O–H groups in total. The van der Waals surface area contributed by atoms with Gasteiger partial charge in [-0.25, -0.2) is 14.7 Å². The Balaban J connectivity index is 1.94. The van der Waals surface area contributed by atoms with E-state index in [0.29, 0.717) is 0 Å². The van der Waals surface area contributed by atoms with Crippen molar-refractivity contribution in [3.8, 4) is 5.75 Å². The summed E-state index contributed by atoms with van der Waals surface area (Å²) in [6.07, 6.45) is -5.31. The molecule has 1 aliphatic heterocycles. The predicted molar refractivity (Wildman–Crippen MR) is 121 cm³/mol. The number of hydrogen-bond acceptors (Lipinski definition) is 7. The fourth-order valence-corrected chi connectivity index (χ4v) is 3.38. The SMILES string of the molecule is CC(C)(C)OC(=O)N1C[C@@H](NC(=O)COc2ccc(Cl)c(F)c2)CC[C@@H]1C(=O)NOCCOC(F)(F)F. The van der Waals surface area contributed by atoms with Crippen LogP contribution in [0.25, 0.3) is 0 Å². The van der Waals surface area contributed by atoms with Crippen LogP contribution in [-0.2, 0) is 23.9 Å². The van der Waals surface area contributed by atoms with Gasteiger partial charge in [0.05, 0.1) is 18.2 Å². The number of hydroxylamine groups is 1. The van der Waals surface area contributed by atoms with Crippen molar-refractivity contribution in [2.45, 2.75) is 57.7 Å². The summed E-state index contributed by atoms with van der Waals surface area (Å²) in [6, 6.07) is 2.06. The molecule has 1 aliphatic rings. The van der Waals surface area contributed by atoms with Crippen LogP contribution in [0.15, 0.2) is 18.2 Å². The third-order valence-corrected chi connectivity index (χ3v) is 5.07.